The average molecular weight is 473 g/mol. The zero-order valence-corrected chi connectivity index (χ0v) is 19.2. The lowest BCUT2D eigenvalue weighted by Gasteiger charge is -2.19. The smallest absolute Gasteiger partial charge is 0.277 e. The van der Waals surface area contributed by atoms with Gasteiger partial charge in [0.25, 0.3) is 15.9 Å². The minimum atomic E-state index is -3.83. The van der Waals surface area contributed by atoms with Crippen molar-refractivity contribution in [1.82, 2.24) is 5.16 Å². The molecule has 0 spiro atoms. The second-order valence-corrected chi connectivity index (χ2v) is 9.52. The van der Waals surface area contributed by atoms with Gasteiger partial charge >= 0.3 is 0 Å². The molecular weight excluding hydrogens is 452 g/mol. The van der Waals surface area contributed by atoms with Gasteiger partial charge in [0.05, 0.1) is 22.2 Å². The number of nitrogens with zero attached hydrogens (tertiary/aromatic N) is 3. The molecule has 4 aromatic rings. The highest BCUT2D eigenvalue weighted by atomic mass is 32.2. The van der Waals surface area contributed by atoms with Crippen molar-refractivity contribution in [1.29, 1.82) is 5.26 Å². The van der Waals surface area contributed by atoms with E-state index < -0.39 is 15.9 Å². The second-order valence-electron chi connectivity index (χ2n) is 7.55. The van der Waals surface area contributed by atoms with Gasteiger partial charge in [-0.15, -0.1) is 0 Å². The summed E-state index contributed by atoms with van der Waals surface area (Å²) in [5.41, 5.74) is 3.28. The van der Waals surface area contributed by atoms with Crippen LogP contribution in [-0.2, 0) is 10.0 Å². The van der Waals surface area contributed by atoms with Crippen LogP contribution in [-0.4, -0.2) is 26.5 Å². The van der Waals surface area contributed by atoms with Crippen LogP contribution in [0.3, 0.4) is 0 Å². The molecule has 0 aliphatic carbocycles. The summed E-state index contributed by atoms with van der Waals surface area (Å²) in [6, 6.07) is 23.2. The van der Waals surface area contributed by atoms with Gasteiger partial charge in [-0.1, -0.05) is 35.0 Å². The summed E-state index contributed by atoms with van der Waals surface area (Å²) in [5, 5.41) is 15.4. The number of amides is 1. The van der Waals surface area contributed by atoms with Gasteiger partial charge in [-0.25, -0.2) is 8.42 Å². The molecule has 9 heteroatoms. The van der Waals surface area contributed by atoms with Gasteiger partial charge in [0, 0.05) is 24.4 Å². The molecule has 1 N–H and O–H groups in total. The first-order valence-electron chi connectivity index (χ1n) is 10.2. The minimum Gasteiger partial charge on any atom is -0.355 e. The van der Waals surface area contributed by atoms with E-state index >= 15 is 0 Å². The van der Waals surface area contributed by atoms with Gasteiger partial charge in [-0.3, -0.25) is 9.10 Å². The standard InChI is InChI=1S/C25H20N4O4S/c1-17-3-7-19(8-4-17)24-15-23(28-33-24)25(30)27-20-9-13-22(14-10-20)34(31,32)29(2)21-11-5-18(16-26)6-12-21/h3-15H,1-2H3,(H,27,30). The predicted molar refractivity (Wildman–Crippen MR) is 128 cm³/mol. The number of carbonyl (C=O) groups is 1. The number of nitriles is 1. The first-order valence-corrected chi connectivity index (χ1v) is 11.7. The van der Waals surface area contributed by atoms with E-state index in [4.69, 9.17) is 9.78 Å². The van der Waals surface area contributed by atoms with Gasteiger partial charge in [0.2, 0.25) is 0 Å². The lowest BCUT2D eigenvalue weighted by atomic mass is 10.1. The number of carbonyl (C=O) groups excluding carboxylic acids is 1. The van der Waals surface area contributed by atoms with Gasteiger partial charge in [-0.05, 0) is 55.5 Å². The molecule has 170 valence electrons. The number of hydrogen-bond acceptors (Lipinski definition) is 6. The Morgan fingerprint density at radius 3 is 2.26 bits per heavy atom. The van der Waals surface area contributed by atoms with E-state index in [2.05, 4.69) is 10.5 Å². The molecule has 1 aromatic heterocycles. The summed E-state index contributed by atoms with van der Waals surface area (Å²) in [5.74, 6) is -0.00940. The van der Waals surface area contributed by atoms with Crippen LogP contribution in [0.25, 0.3) is 11.3 Å². The largest absolute Gasteiger partial charge is 0.355 e. The molecule has 0 bridgehead atoms. The number of benzene rings is 3. The van der Waals surface area contributed by atoms with Crippen molar-refractivity contribution in [2.45, 2.75) is 11.8 Å². The maximum Gasteiger partial charge on any atom is 0.277 e. The monoisotopic (exact) mass is 472 g/mol. The Balaban J connectivity index is 1.46. The third-order valence-electron chi connectivity index (χ3n) is 5.21. The highest BCUT2D eigenvalue weighted by molar-refractivity contribution is 7.92. The van der Waals surface area contributed by atoms with Crippen molar-refractivity contribution >= 4 is 27.3 Å². The molecule has 0 aliphatic heterocycles. The lowest BCUT2D eigenvalue weighted by molar-refractivity contribution is 0.101. The third-order valence-corrected chi connectivity index (χ3v) is 7.01. The molecule has 3 aromatic carbocycles. The number of sulfonamides is 1. The minimum absolute atomic E-state index is 0.0560. The van der Waals surface area contributed by atoms with E-state index in [9.17, 15) is 13.2 Å². The van der Waals surface area contributed by atoms with E-state index in [1.54, 1.807) is 30.3 Å². The van der Waals surface area contributed by atoms with Crippen LogP contribution in [0.4, 0.5) is 11.4 Å². The molecule has 1 amide bonds. The predicted octanol–water partition coefficient (Wildman–Crippen LogP) is 4.60. The topological polar surface area (TPSA) is 116 Å². The third kappa shape index (κ3) is 4.67. The van der Waals surface area contributed by atoms with Crippen LogP contribution in [0, 0.1) is 18.3 Å². The van der Waals surface area contributed by atoms with E-state index in [1.165, 1.54) is 31.3 Å². The number of nitrogens with one attached hydrogen (secondary N) is 1. The SMILES string of the molecule is Cc1ccc(-c2cc(C(=O)Nc3ccc(S(=O)(=O)N(C)c4ccc(C#N)cc4)cc3)no2)cc1. The summed E-state index contributed by atoms with van der Waals surface area (Å²) in [7, 11) is -2.40. The molecule has 8 nitrogen and oxygen atoms in total. The van der Waals surface area contributed by atoms with E-state index in [0.29, 0.717) is 22.7 Å². The van der Waals surface area contributed by atoms with Gasteiger partial charge in [0.1, 0.15) is 0 Å². The summed E-state index contributed by atoms with van der Waals surface area (Å²) < 4.78 is 32.3. The van der Waals surface area contributed by atoms with E-state index in [0.717, 1.165) is 15.4 Å². The van der Waals surface area contributed by atoms with Crippen LogP contribution >= 0.6 is 0 Å². The first-order chi connectivity index (χ1) is 16.3. The number of rotatable bonds is 6. The van der Waals surface area contributed by atoms with Crippen LogP contribution < -0.4 is 9.62 Å². The number of aryl methyl sites for hydroxylation is 1. The van der Waals surface area contributed by atoms with E-state index in [-0.39, 0.29) is 10.6 Å². The average Bonchev–Trinajstić information content (AvgIpc) is 3.35. The molecule has 34 heavy (non-hydrogen) atoms. The van der Waals surface area contributed by atoms with Crippen molar-refractivity contribution < 1.29 is 17.7 Å². The normalized spacial score (nSPS) is 11.0. The van der Waals surface area contributed by atoms with Crippen molar-refractivity contribution in [3.63, 3.8) is 0 Å². The molecule has 1 heterocycles. The zero-order valence-electron chi connectivity index (χ0n) is 18.4. The number of anilines is 2. The van der Waals surface area contributed by atoms with Crippen LogP contribution in [0.1, 0.15) is 21.6 Å². The van der Waals surface area contributed by atoms with Crippen LogP contribution in [0.2, 0.25) is 0 Å². The molecular formula is C25H20N4O4S. The Morgan fingerprint density at radius 2 is 1.65 bits per heavy atom. The fourth-order valence-corrected chi connectivity index (χ4v) is 4.38. The quantitative estimate of drug-likeness (QED) is 0.438. The van der Waals surface area contributed by atoms with Gasteiger partial charge in [0.15, 0.2) is 11.5 Å². The zero-order chi connectivity index (χ0) is 24.3. The summed E-state index contributed by atoms with van der Waals surface area (Å²) >= 11 is 0. The van der Waals surface area contributed by atoms with Crippen molar-refractivity contribution in [3.8, 4) is 17.4 Å². The number of aromatic nitrogens is 1. The Hall–Kier alpha value is -4.42. The van der Waals surface area contributed by atoms with Gasteiger partial charge < -0.3 is 9.84 Å². The second kappa shape index (κ2) is 9.21. The lowest BCUT2D eigenvalue weighted by Crippen LogP contribution is -2.26. The maximum absolute atomic E-state index is 13.0. The molecule has 0 unspecified atom stereocenters. The number of hydrogen-bond donors (Lipinski definition) is 1. The Labute approximate surface area is 197 Å². The molecule has 0 aliphatic rings. The summed E-state index contributed by atoms with van der Waals surface area (Å²) in [4.78, 5) is 12.6. The van der Waals surface area contributed by atoms with Crippen LogP contribution in [0.5, 0.6) is 0 Å². The Bertz CT molecular complexity index is 1470. The fraction of sp³-hybridized carbons (Fsp3) is 0.0800. The Kier molecular flexibility index (Phi) is 6.17. The summed E-state index contributed by atoms with van der Waals surface area (Å²) in [6.07, 6.45) is 0. The first kappa shape index (κ1) is 22.8. The molecule has 0 saturated heterocycles. The van der Waals surface area contributed by atoms with Crippen molar-refractivity contribution in [2.75, 3.05) is 16.7 Å². The van der Waals surface area contributed by atoms with E-state index in [1.807, 2.05) is 37.3 Å². The van der Waals surface area contributed by atoms with Crippen molar-refractivity contribution in [3.05, 3.63) is 95.7 Å². The fourth-order valence-electron chi connectivity index (χ4n) is 3.18. The van der Waals surface area contributed by atoms with Crippen LogP contribution in [0.15, 0.2) is 88.3 Å². The molecule has 0 radical (unpaired) electrons. The van der Waals surface area contributed by atoms with Crippen molar-refractivity contribution in [2.24, 2.45) is 0 Å². The highest BCUT2D eigenvalue weighted by Gasteiger charge is 2.21. The molecule has 4 rings (SSSR count). The summed E-state index contributed by atoms with van der Waals surface area (Å²) in [6.45, 7) is 1.98. The molecule has 0 saturated carbocycles. The Morgan fingerprint density at radius 1 is 1.00 bits per heavy atom. The van der Waals surface area contributed by atoms with Gasteiger partial charge in [-0.2, -0.15) is 5.26 Å². The molecule has 0 atom stereocenters. The highest BCUT2D eigenvalue weighted by Crippen LogP contribution is 2.24. The molecule has 0 fully saturated rings. The maximum atomic E-state index is 13.0.